The molecule has 4 atom stereocenters. The number of nitrogen functional groups attached to an aromatic ring is 1. The van der Waals surface area contributed by atoms with E-state index in [1.807, 2.05) is 13.8 Å². The van der Waals surface area contributed by atoms with Gasteiger partial charge in [-0.15, -0.1) is 0 Å². The molecule has 0 aromatic carbocycles. The second-order valence-corrected chi connectivity index (χ2v) is 6.14. The number of nitrogens with zero attached hydrogens (tertiary/aromatic N) is 4. The molecule has 5 N–H and O–H groups in total. The van der Waals surface area contributed by atoms with Crippen molar-refractivity contribution >= 4 is 17.1 Å². The predicted octanol–water partition coefficient (Wildman–Crippen LogP) is -0.945. The molecule has 0 saturated carbocycles. The second kappa shape index (κ2) is 6.48. The van der Waals surface area contributed by atoms with Crippen LogP contribution in [0.1, 0.15) is 20.1 Å². The van der Waals surface area contributed by atoms with Crippen LogP contribution >= 0.6 is 0 Å². The Kier molecular flexibility index (Phi) is 4.54. The quantitative estimate of drug-likeness (QED) is 0.541. The zero-order valence-corrected chi connectivity index (χ0v) is 13.4. The Hall–Kier alpha value is -2.01. The zero-order chi connectivity index (χ0) is 17.4. The summed E-state index contributed by atoms with van der Waals surface area (Å²) in [6, 6.07) is 0. The number of nitrogens with two attached hydrogens (primary N) is 1. The number of anilines is 1. The van der Waals surface area contributed by atoms with E-state index in [-0.39, 0.29) is 11.8 Å². The lowest BCUT2D eigenvalue weighted by molar-refractivity contribution is -0.0511. The Morgan fingerprint density at radius 3 is 2.71 bits per heavy atom. The number of rotatable bonds is 5. The lowest BCUT2D eigenvalue weighted by atomic mass is 10.1. The number of aromatic nitrogens is 4. The monoisotopic (exact) mass is 339 g/mol. The fourth-order valence-corrected chi connectivity index (χ4v) is 2.55. The van der Waals surface area contributed by atoms with Gasteiger partial charge in [0.25, 0.3) is 0 Å². The minimum atomic E-state index is -1.24. The molecule has 0 bridgehead atoms. The first-order chi connectivity index (χ1) is 11.4. The van der Waals surface area contributed by atoms with Crippen molar-refractivity contribution in [2.75, 3.05) is 18.9 Å². The van der Waals surface area contributed by atoms with E-state index < -0.39 is 31.1 Å². The number of imidazole rings is 1. The summed E-state index contributed by atoms with van der Waals surface area (Å²) in [5, 5.41) is 29.3. The SMILES string of the molecule is CC(C)COc1nc(N)nc2c1ncn2[C@@H]1O[C@H](CO)[C@@H](O)[C@H]1O. The van der Waals surface area contributed by atoms with E-state index in [9.17, 15) is 15.3 Å². The summed E-state index contributed by atoms with van der Waals surface area (Å²) in [5.41, 5.74) is 6.43. The fourth-order valence-electron chi connectivity index (χ4n) is 2.55. The van der Waals surface area contributed by atoms with Crippen LogP contribution < -0.4 is 10.5 Å². The third kappa shape index (κ3) is 2.88. The molecular formula is C14H21N5O5. The van der Waals surface area contributed by atoms with Gasteiger partial charge in [-0.25, -0.2) is 4.98 Å². The van der Waals surface area contributed by atoms with Crippen LogP contribution in [0, 0.1) is 5.92 Å². The molecule has 1 aliphatic heterocycles. The number of aliphatic hydroxyl groups excluding tert-OH is 3. The van der Waals surface area contributed by atoms with Crippen molar-refractivity contribution in [1.82, 2.24) is 19.5 Å². The van der Waals surface area contributed by atoms with E-state index in [1.54, 1.807) is 0 Å². The number of fused-ring (bicyclic) bond motifs is 1. The maximum Gasteiger partial charge on any atom is 0.247 e. The van der Waals surface area contributed by atoms with Crippen LogP contribution in [0.4, 0.5) is 5.95 Å². The minimum absolute atomic E-state index is 0.00486. The molecule has 132 valence electrons. The molecule has 1 fully saturated rings. The summed E-state index contributed by atoms with van der Waals surface area (Å²) in [5.74, 6) is 0.533. The van der Waals surface area contributed by atoms with Crippen LogP contribution in [-0.2, 0) is 4.74 Å². The summed E-state index contributed by atoms with van der Waals surface area (Å²) >= 11 is 0. The van der Waals surface area contributed by atoms with Crippen molar-refractivity contribution in [3.05, 3.63) is 6.33 Å². The Labute approximate surface area is 137 Å². The van der Waals surface area contributed by atoms with Crippen molar-refractivity contribution in [2.45, 2.75) is 38.4 Å². The zero-order valence-electron chi connectivity index (χ0n) is 13.4. The first-order valence-electron chi connectivity index (χ1n) is 7.67. The van der Waals surface area contributed by atoms with Crippen LogP contribution in [0.25, 0.3) is 11.2 Å². The molecule has 2 aromatic rings. The van der Waals surface area contributed by atoms with Crippen LogP contribution in [0.3, 0.4) is 0 Å². The first kappa shape index (κ1) is 16.8. The van der Waals surface area contributed by atoms with Gasteiger partial charge < -0.3 is 30.5 Å². The Morgan fingerprint density at radius 1 is 1.33 bits per heavy atom. The van der Waals surface area contributed by atoms with Crippen LogP contribution in [0.5, 0.6) is 5.88 Å². The standard InChI is InChI=1S/C14H21N5O5/c1-6(2)4-23-12-8-11(17-14(15)18-12)19(5-16-8)13-10(22)9(21)7(3-20)24-13/h5-7,9-10,13,20-22H,3-4H2,1-2H3,(H2,15,17,18)/t7-,9-,10-,13-/m1/s1. The fraction of sp³-hybridized carbons (Fsp3) is 0.643. The maximum atomic E-state index is 10.2. The number of hydrogen-bond donors (Lipinski definition) is 4. The van der Waals surface area contributed by atoms with E-state index in [4.69, 9.17) is 15.2 Å². The number of hydrogen-bond acceptors (Lipinski definition) is 9. The van der Waals surface area contributed by atoms with Crippen LogP contribution in [0.15, 0.2) is 6.33 Å². The predicted molar refractivity (Wildman–Crippen MR) is 83.1 cm³/mol. The van der Waals surface area contributed by atoms with Crippen molar-refractivity contribution < 1.29 is 24.8 Å². The van der Waals surface area contributed by atoms with E-state index >= 15 is 0 Å². The molecule has 0 spiro atoms. The van der Waals surface area contributed by atoms with Gasteiger partial charge in [-0.2, -0.15) is 9.97 Å². The molecule has 0 unspecified atom stereocenters. The molecule has 10 nitrogen and oxygen atoms in total. The van der Waals surface area contributed by atoms with Gasteiger partial charge in [0.05, 0.1) is 19.5 Å². The molecule has 1 aliphatic rings. The highest BCUT2D eigenvalue weighted by Crippen LogP contribution is 2.33. The van der Waals surface area contributed by atoms with E-state index in [0.29, 0.717) is 23.7 Å². The summed E-state index contributed by atoms with van der Waals surface area (Å²) in [6.45, 7) is 4.02. The van der Waals surface area contributed by atoms with Crippen LogP contribution in [0.2, 0.25) is 0 Å². The van der Waals surface area contributed by atoms with Gasteiger partial charge in [0.1, 0.15) is 18.3 Å². The third-order valence-corrected chi connectivity index (χ3v) is 3.75. The summed E-state index contributed by atoms with van der Waals surface area (Å²) < 4.78 is 12.6. The average Bonchev–Trinajstić information content (AvgIpc) is 3.07. The van der Waals surface area contributed by atoms with E-state index in [1.165, 1.54) is 10.9 Å². The van der Waals surface area contributed by atoms with Gasteiger partial charge in [-0.3, -0.25) is 4.57 Å². The van der Waals surface area contributed by atoms with Gasteiger partial charge in [0, 0.05) is 0 Å². The van der Waals surface area contributed by atoms with Crippen molar-refractivity contribution in [3.8, 4) is 5.88 Å². The van der Waals surface area contributed by atoms with Crippen LogP contribution in [-0.4, -0.2) is 66.4 Å². The minimum Gasteiger partial charge on any atom is -0.476 e. The topological polar surface area (TPSA) is 149 Å². The molecule has 24 heavy (non-hydrogen) atoms. The largest absolute Gasteiger partial charge is 0.476 e. The summed E-state index contributed by atoms with van der Waals surface area (Å²) in [6.07, 6.45) is -2.89. The molecule has 0 aliphatic carbocycles. The first-order valence-corrected chi connectivity index (χ1v) is 7.67. The Morgan fingerprint density at radius 2 is 2.08 bits per heavy atom. The molecule has 1 saturated heterocycles. The Balaban J connectivity index is 1.98. The van der Waals surface area contributed by atoms with Gasteiger partial charge in [0.15, 0.2) is 17.4 Å². The number of aliphatic hydroxyl groups is 3. The molecule has 10 heteroatoms. The smallest absolute Gasteiger partial charge is 0.247 e. The van der Waals surface area contributed by atoms with Gasteiger partial charge in [-0.05, 0) is 5.92 Å². The highest BCUT2D eigenvalue weighted by atomic mass is 16.6. The molecule has 3 heterocycles. The Bertz CT molecular complexity index is 721. The molecule has 0 amide bonds. The molecule has 2 aromatic heterocycles. The van der Waals surface area contributed by atoms with Crippen molar-refractivity contribution in [1.29, 1.82) is 0 Å². The van der Waals surface area contributed by atoms with E-state index in [2.05, 4.69) is 15.0 Å². The molecule has 3 rings (SSSR count). The number of ether oxygens (including phenoxy) is 2. The second-order valence-electron chi connectivity index (χ2n) is 6.14. The van der Waals surface area contributed by atoms with Crippen molar-refractivity contribution in [3.63, 3.8) is 0 Å². The van der Waals surface area contributed by atoms with Gasteiger partial charge in [0.2, 0.25) is 11.8 Å². The maximum absolute atomic E-state index is 10.2. The third-order valence-electron chi connectivity index (χ3n) is 3.75. The van der Waals surface area contributed by atoms with E-state index in [0.717, 1.165) is 0 Å². The normalized spacial score (nSPS) is 27.2. The molecular weight excluding hydrogens is 318 g/mol. The lowest BCUT2D eigenvalue weighted by Gasteiger charge is -2.16. The lowest BCUT2D eigenvalue weighted by Crippen LogP contribution is -2.33. The van der Waals surface area contributed by atoms with Gasteiger partial charge in [-0.1, -0.05) is 13.8 Å². The highest BCUT2D eigenvalue weighted by molar-refractivity contribution is 5.77. The van der Waals surface area contributed by atoms with Crippen molar-refractivity contribution in [2.24, 2.45) is 5.92 Å². The summed E-state index contributed by atoms with van der Waals surface area (Å²) in [7, 11) is 0. The summed E-state index contributed by atoms with van der Waals surface area (Å²) in [4.78, 5) is 12.4. The highest BCUT2D eigenvalue weighted by Gasteiger charge is 2.44. The van der Waals surface area contributed by atoms with Gasteiger partial charge >= 0.3 is 0 Å². The molecule has 0 radical (unpaired) electrons. The average molecular weight is 339 g/mol.